The minimum atomic E-state index is 0.709. The van der Waals surface area contributed by atoms with Crippen LogP contribution in [0.1, 0.15) is 25.8 Å². The molecular formula is C13H23NO. The first-order chi connectivity index (χ1) is 7.20. The molecule has 0 aliphatic rings. The Balaban J connectivity index is 0.000000288. The first-order valence-electron chi connectivity index (χ1n) is 5.43. The van der Waals surface area contributed by atoms with Gasteiger partial charge < -0.3 is 10.5 Å². The lowest BCUT2D eigenvalue weighted by Gasteiger charge is -1.96. The summed E-state index contributed by atoms with van der Waals surface area (Å²) in [6.45, 7) is 5.89. The van der Waals surface area contributed by atoms with Gasteiger partial charge in [-0.15, -0.1) is 0 Å². The monoisotopic (exact) mass is 209 g/mol. The van der Waals surface area contributed by atoms with Crippen molar-refractivity contribution in [2.24, 2.45) is 11.7 Å². The summed E-state index contributed by atoms with van der Waals surface area (Å²) in [6, 6.07) is 10.1. The molecule has 86 valence electrons. The van der Waals surface area contributed by atoms with E-state index >= 15 is 0 Å². The van der Waals surface area contributed by atoms with Gasteiger partial charge in [0.25, 0.3) is 0 Å². The summed E-state index contributed by atoms with van der Waals surface area (Å²) >= 11 is 0. The van der Waals surface area contributed by atoms with Crippen LogP contribution in [0.25, 0.3) is 0 Å². The third-order valence-electron chi connectivity index (χ3n) is 1.90. The van der Waals surface area contributed by atoms with Crippen molar-refractivity contribution in [3.05, 3.63) is 35.9 Å². The molecule has 0 amide bonds. The molecule has 2 N–H and O–H groups in total. The van der Waals surface area contributed by atoms with Crippen molar-refractivity contribution in [2.45, 2.75) is 26.9 Å². The molecule has 1 rings (SSSR count). The minimum Gasteiger partial charge on any atom is -0.380 e. The highest BCUT2D eigenvalue weighted by Crippen LogP contribution is 1.98. The zero-order valence-corrected chi connectivity index (χ0v) is 10.1. The number of methoxy groups -OCH3 is 1. The van der Waals surface area contributed by atoms with E-state index in [0.717, 1.165) is 18.9 Å². The van der Waals surface area contributed by atoms with Crippen LogP contribution in [0.3, 0.4) is 0 Å². The molecule has 0 aliphatic carbocycles. The largest absolute Gasteiger partial charge is 0.380 e. The van der Waals surface area contributed by atoms with Crippen LogP contribution >= 0.6 is 0 Å². The fourth-order valence-electron chi connectivity index (χ4n) is 1.07. The van der Waals surface area contributed by atoms with E-state index in [0.29, 0.717) is 6.61 Å². The van der Waals surface area contributed by atoms with Crippen LogP contribution in [-0.2, 0) is 11.3 Å². The van der Waals surface area contributed by atoms with Crippen molar-refractivity contribution in [3.63, 3.8) is 0 Å². The van der Waals surface area contributed by atoms with Gasteiger partial charge >= 0.3 is 0 Å². The number of hydrogen-bond acceptors (Lipinski definition) is 2. The molecular weight excluding hydrogens is 186 g/mol. The molecule has 2 nitrogen and oxygen atoms in total. The van der Waals surface area contributed by atoms with E-state index in [1.807, 2.05) is 30.3 Å². The topological polar surface area (TPSA) is 35.2 Å². The summed E-state index contributed by atoms with van der Waals surface area (Å²) < 4.78 is 4.93. The molecule has 2 heteroatoms. The Kier molecular flexibility index (Phi) is 9.13. The van der Waals surface area contributed by atoms with Gasteiger partial charge in [0, 0.05) is 7.11 Å². The summed E-state index contributed by atoms with van der Waals surface area (Å²) in [5.41, 5.74) is 6.45. The third kappa shape index (κ3) is 9.44. The second kappa shape index (κ2) is 9.69. The van der Waals surface area contributed by atoms with E-state index in [9.17, 15) is 0 Å². The molecule has 15 heavy (non-hydrogen) atoms. The van der Waals surface area contributed by atoms with Crippen LogP contribution in [0.15, 0.2) is 30.3 Å². The normalized spacial score (nSPS) is 9.67. The molecule has 0 spiro atoms. The van der Waals surface area contributed by atoms with Gasteiger partial charge in [-0.1, -0.05) is 44.2 Å². The van der Waals surface area contributed by atoms with Gasteiger partial charge in [-0.3, -0.25) is 0 Å². The molecule has 0 saturated carbocycles. The Hall–Kier alpha value is -0.860. The van der Waals surface area contributed by atoms with Gasteiger partial charge in [0.2, 0.25) is 0 Å². The SMILES string of the molecule is CC(C)CCN.COCc1ccccc1. The van der Waals surface area contributed by atoms with Gasteiger partial charge in [-0.05, 0) is 24.4 Å². The van der Waals surface area contributed by atoms with E-state index in [2.05, 4.69) is 13.8 Å². The summed E-state index contributed by atoms with van der Waals surface area (Å²) in [5, 5.41) is 0. The van der Waals surface area contributed by atoms with Crippen LogP contribution in [0.2, 0.25) is 0 Å². The Morgan fingerprint density at radius 1 is 1.20 bits per heavy atom. The Morgan fingerprint density at radius 2 is 1.80 bits per heavy atom. The van der Waals surface area contributed by atoms with Crippen LogP contribution < -0.4 is 5.73 Å². The summed E-state index contributed by atoms with van der Waals surface area (Å²) in [7, 11) is 1.70. The van der Waals surface area contributed by atoms with Crippen LogP contribution in [0, 0.1) is 5.92 Å². The van der Waals surface area contributed by atoms with Gasteiger partial charge in [0.1, 0.15) is 0 Å². The Labute approximate surface area is 93.4 Å². The fourth-order valence-corrected chi connectivity index (χ4v) is 1.07. The van der Waals surface area contributed by atoms with E-state index in [-0.39, 0.29) is 0 Å². The lowest BCUT2D eigenvalue weighted by Crippen LogP contribution is -2.01. The van der Waals surface area contributed by atoms with Crippen molar-refractivity contribution >= 4 is 0 Å². The molecule has 0 saturated heterocycles. The van der Waals surface area contributed by atoms with Gasteiger partial charge in [-0.25, -0.2) is 0 Å². The Morgan fingerprint density at radius 3 is 2.13 bits per heavy atom. The minimum absolute atomic E-state index is 0.709. The van der Waals surface area contributed by atoms with Crippen LogP contribution in [-0.4, -0.2) is 13.7 Å². The van der Waals surface area contributed by atoms with E-state index in [1.165, 1.54) is 5.56 Å². The standard InChI is InChI=1S/C8H10O.C5H13N/c1-9-7-8-5-3-2-4-6-8;1-5(2)3-4-6/h2-6H,7H2,1H3;5H,3-4,6H2,1-2H3. The molecule has 0 aliphatic heterocycles. The summed E-state index contributed by atoms with van der Waals surface area (Å²) in [6.07, 6.45) is 1.15. The van der Waals surface area contributed by atoms with Crippen molar-refractivity contribution in [1.29, 1.82) is 0 Å². The summed E-state index contributed by atoms with van der Waals surface area (Å²) in [5.74, 6) is 0.773. The highest BCUT2D eigenvalue weighted by Gasteiger charge is 1.86. The molecule has 0 heterocycles. The Bertz CT molecular complexity index is 221. The van der Waals surface area contributed by atoms with E-state index in [4.69, 9.17) is 10.5 Å². The smallest absolute Gasteiger partial charge is 0.0713 e. The predicted octanol–water partition coefficient (Wildman–Crippen LogP) is 2.82. The zero-order chi connectivity index (χ0) is 11.5. The van der Waals surface area contributed by atoms with Gasteiger partial charge in [0.15, 0.2) is 0 Å². The zero-order valence-electron chi connectivity index (χ0n) is 10.1. The average molecular weight is 209 g/mol. The molecule has 0 atom stereocenters. The number of benzene rings is 1. The third-order valence-corrected chi connectivity index (χ3v) is 1.90. The number of rotatable bonds is 4. The molecule has 0 aromatic heterocycles. The molecule has 1 aromatic carbocycles. The maximum absolute atomic E-state index is 5.23. The maximum atomic E-state index is 5.23. The van der Waals surface area contributed by atoms with Crippen molar-refractivity contribution < 1.29 is 4.74 Å². The lowest BCUT2D eigenvalue weighted by atomic mass is 10.1. The molecule has 0 unspecified atom stereocenters. The molecule has 0 fully saturated rings. The average Bonchev–Trinajstić information content (AvgIpc) is 2.20. The van der Waals surface area contributed by atoms with Gasteiger partial charge in [-0.2, -0.15) is 0 Å². The summed E-state index contributed by atoms with van der Waals surface area (Å²) in [4.78, 5) is 0. The molecule has 1 aromatic rings. The van der Waals surface area contributed by atoms with Crippen LogP contribution in [0.5, 0.6) is 0 Å². The molecule has 0 bridgehead atoms. The maximum Gasteiger partial charge on any atom is 0.0713 e. The number of nitrogens with two attached hydrogens (primary N) is 1. The second-order valence-electron chi connectivity index (χ2n) is 3.89. The number of hydrogen-bond donors (Lipinski definition) is 1. The predicted molar refractivity (Wildman–Crippen MR) is 65.7 cm³/mol. The quantitative estimate of drug-likeness (QED) is 0.827. The van der Waals surface area contributed by atoms with Crippen molar-refractivity contribution in [3.8, 4) is 0 Å². The van der Waals surface area contributed by atoms with E-state index in [1.54, 1.807) is 7.11 Å². The van der Waals surface area contributed by atoms with Crippen LogP contribution in [0.4, 0.5) is 0 Å². The lowest BCUT2D eigenvalue weighted by molar-refractivity contribution is 0.185. The van der Waals surface area contributed by atoms with Crippen molar-refractivity contribution in [2.75, 3.05) is 13.7 Å². The highest BCUT2D eigenvalue weighted by atomic mass is 16.5. The first kappa shape index (κ1) is 14.1. The highest BCUT2D eigenvalue weighted by molar-refractivity contribution is 5.13. The second-order valence-corrected chi connectivity index (χ2v) is 3.89. The van der Waals surface area contributed by atoms with Crippen molar-refractivity contribution in [1.82, 2.24) is 0 Å². The first-order valence-corrected chi connectivity index (χ1v) is 5.43. The van der Waals surface area contributed by atoms with E-state index < -0.39 is 0 Å². The fraction of sp³-hybridized carbons (Fsp3) is 0.538. The number of ether oxygens (including phenoxy) is 1. The van der Waals surface area contributed by atoms with Gasteiger partial charge in [0.05, 0.1) is 6.61 Å². The molecule has 0 radical (unpaired) electrons.